The lowest BCUT2D eigenvalue weighted by Gasteiger charge is -2.28. The zero-order valence-electron chi connectivity index (χ0n) is 22.3. The number of benzene rings is 2. The maximum absolute atomic E-state index is 13.4. The lowest BCUT2D eigenvalue weighted by molar-refractivity contribution is -0.140. The number of rotatable bonds is 7. The molecule has 2 aromatic carbocycles. The van der Waals surface area contributed by atoms with Crippen LogP contribution in [0.3, 0.4) is 0 Å². The van der Waals surface area contributed by atoms with E-state index in [4.69, 9.17) is 4.74 Å². The fraction of sp³-hybridized carbons (Fsp3) is 0.467. The van der Waals surface area contributed by atoms with Gasteiger partial charge in [0.2, 0.25) is 0 Å². The van der Waals surface area contributed by atoms with Gasteiger partial charge >= 0.3 is 0 Å². The molecule has 192 valence electrons. The van der Waals surface area contributed by atoms with E-state index < -0.39 is 17.7 Å². The quantitative estimate of drug-likeness (QED) is 0.333. The minimum atomic E-state index is -0.641. The normalized spacial score (nSPS) is 21.2. The molecule has 2 heterocycles. The second-order valence-electron chi connectivity index (χ2n) is 10.8. The summed E-state index contributed by atoms with van der Waals surface area (Å²) < 4.78 is 5.80. The number of carbonyl (C=O) groups is 2. The topological polar surface area (TPSA) is 70.1 Å². The molecule has 2 aliphatic rings. The molecule has 4 rings (SSSR count). The van der Waals surface area contributed by atoms with Gasteiger partial charge in [-0.1, -0.05) is 58.9 Å². The molecule has 2 aliphatic heterocycles. The predicted molar refractivity (Wildman–Crippen MR) is 142 cm³/mol. The van der Waals surface area contributed by atoms with E-state index in [2.05, 4.69) is 39.5 Å². The molecule has 2 aromatic rings. The number of carbonyl (C=O) groups excluding carboxylic acids is 2. The number of likely N-dealkylation sites (N-methyl/N-ethyl adjacent to an activating group) is 1. The summed E-state index contributed by atoms with van der Waals surface area (Å²) in [5.41, 5.74) is 3.64. The van der Waals surface area contributed by atoms with Gasteiger partial charge in [-0.2, -0.15) is 0 Å². The third-order valence-electron chi connectivity index (χ3n) is 7.35. The molecule has 0 spiro atoms. The van der Waals surface area contributed by atoms with E-state index in [0.717, 1.165) is 36.4 Å². The molecule has 2 atom stereocenters. The number of aliphatic hydroxyl groups is 1. The Labute approximate surface area is 214 Å². The molecular weight excluding hydrogens is 452 g/mol. The lowest BCUT2D eigenvalue weighted by atomic mass is 9.85. The Hall–Kier alpha value is -3.12. The van der Waals surface area contributed by atoms with E-state index in [1.54, 1.807) is 11.0 Å². The zero-order chi connectivity index (χ0) is 26.2. The minimum Gasteiger partial charge on any atom is -0.507 e. The fourth-order valence-corrected chi connectivity index (χ4v) is 5.14. The van der Waals surface area contributed by atoms with E-state index in [1.165, 1.54) is 5.56 Å². The number of ether oxygens (including phenoxy) is 1. The van der Waals surface area contributed by atoms with Crippen molar-refractivity contribution in [1.29, 1.82) is 0 Å². The monoisotopic (exact) mass is 490 g/mol. The van der Waals surface area contributed by atoms with Crippen molar-refractivity contribution in [3.63, 3.8) is 0 Å². The first-order chi connectivity index (χ1) is 17.0. The molecule has 0 aliphatic carbocycles. The van der Waals surface area contributed by atoms with Gasteiger partial charge < -0.3 is 19.6 Å². The van der Waals surface area contributed by atoms with Crippen LogP contribution in [0.4, 0.5) is 0 Å². The van der Waals surface area contributed by atoms with Gasteiger partial charge in [0.1, 0.15) is 17.6 Å². The van der Waals surface area contributed by atoms with Crippen LogP contribution in [0.25, 0.3) is 5.76 Å². The van der Waals surface area contributed by atoms with Crippen LogP contribution in [0.1, 0.15) is 69.8 Å². The van der Waals surface area contributed by atoms with E-state index in [-0.39, 0.29) is 22.9 Å². The van der Waals surface area contributed by atoms with Gasteiger partial charge in [0.25, 0.3) is 11.7 Å². The number of fused-ring (bicyclic) bond motifs is 1. The highest BCUT2D eigenvalue weighted by atomic mass is 16.5. The van der Waals surface area contributed by atoms with E-state index in [0.29, 0.717) is 18.7 Å². The third kappa shape index (κ3) is 4.92. The van der Waals surface area contributed by atoms with Gasteiger partial charge in [-0.3, -0.25) is 9.59 Å². The largest absolute Gasteiger partial charge is 0.507 e. The molecule has 6 heteroatoms. The molecule has 1 fully saturated rings. The molecule has 0 radical (unpaired) electrons. The Bertz CT molecular complexity index is 1170. The van der Waals surface area contributed by atoms with Gasteiger partial charge in [0.15, 0.2) is 0 Å². The zero-order valence-corrected chi connectivity index (χ0v) is 22.3. The number of hydrogen-bond acceptors (Lipinski definition) is 5. The number of ketones is 1. The first kappa shape index (κ1) is 26.0. The van der Waals surface area contributed by atoms with Crippen molar-refractivity contribution in [1.82, 2.24) is 9.80 Å². The van der Waals surface area contributed by atoms with Crippen LogP contribution in [0.2, 0.25) is 0 Å². The molecule has 0 unspecified atom stereocenters. The lowest BCUT2D eigenvalue weighted by Crippen LogP contribution is -2.38. The van der Waals surface area contributed by atoms with Crippen LogP contribution in [0.5, 0.6) is 5.75 Å². The summed E-state index contributed by atoms with van der Waals surface area (Å²) in [7, 11) is 0. The van der Waals surface area contributed by atoms with Crippen molar-refractivity contribution in [2.75, 3.05) is 26.2 Å². The summed E-state index contributed by atoms with van der Waals surface area (Å²) in [6.45, 7) is 15.4. The van der Waals surface area contributed by atoms with Crippen LogP contribution in [-0.2, 0) is 21.4 Å². The highest BCUT2D eigenvalue weighted by molar-refractivity contribution is 6.46. The predicted octanol–water partition coefficient (Wildman–Crippen LogP) is 5.07. The molecule has 1 N–H and O–H groups in total. The van der Waals surface area contributed by atoms with Crippen molar-refractivity contribution in [2.24, 2.45) is 0 Å². The molecule has 1 amide bonds. The third-order valence-corrected chi connectivity index (χ3v) is 7.35. The molecule has 36 heavy (non-hydrogen) atoms. The minimum absolute atomic E-state index is 0.0211. The Morgan fingerprint density at radius 1 is 1.08 bits per heavy atom. The summed E-state index contributed by atoms with van der Waals surface area (Å²) in [5.74, 6) is -0.534. The second-order valence-corrected chi connectivity index (χ2v) is 10.8. The molecule has 6 nitrogen and oxygen atoms in total. The summed E-state index contributed by atoms with van der Waals surface area (Å²) in [6.07, 6.45) is 0.816. The summed E-state index contributed by atoms with van der Waals surface area (Å²) in [4.78, 5) is 30.5. The first-order valence-corrected chi connectivity index (χ1v) is 13.0. The first-order valence-electron chi connectivity index (χ1n) is 13.0. The number of Topliss-reactive ketones (excluding diaryl/α,β-unsaturated/α-hetero) is 1. The van der Waals surface area contributed by atoms with Crippen LogP contribution in [0, 0.1) is 0 Å². The maximum Gasteiger partial charge on any atom is 0.295 e. The highest BCUT2D eigenvalue weighted by Gasteiger charge is 2.46. The van der Waals surface area contributed by atoms with Gasteiger partial charge in [-0.05, 0) is 60.3 Å². The van der Waals surface area contributed by atoms with E-state index >= 15 is 0 Å². The molecule has 0 bridgehead atoms. The SMILES string of the molecule is CCN(CC)CCN1C(=O)C(=O)C(=C(O)c2ccc3c(c2)C[C@H](C)O3)[C@@H]1c1ccc(C(C)(C)C)cc1. The van der Waals surface area contributed by atoms with E-state index in [9.17, 15) is 14.7 Å². The van der Waals surface area contributed by atoms with Crippen molar-refractivity contribution < 1.29 is 19.4 Å². The standard InChI is InChI=1S/C30H38N2O4/c1-7-31(8-2)15-16-32-26(20-9-12-23(13-10-20)30(4,5)6)25(28(34)29(32)35)27(33)21-11-14-24-22(18-21)17-19(3)36-24/h9-14,18-19,26,33H,7-8,15-17H2,1-6H3/t19-,26-/m0/s1. The summed E-state index contributed by atoms with van der Waals surface area (Å²) in [5, 5.41) is 11.4. The molecular formula is C30H38N2O4. The number of likely N-dealkylation sites (tertiary alicyclic amines) is 1. The Balaban J connectivity index is 1.79. The van der Waals surface area contributed by atoms with E-state index in [1.807, 2.05) is 43.3 Å². The summed E-state index contributed by atoms with van der Waals surface area (Å²) in [6, 6.07) is 12.9. The maximum atomic E-state index is 13.4. The van der Waals surface area contributed by atoms with Crippen LogP contribution < -0.4 is 4.74 Å². The molecule has 1 saturated heterocycles. The number of amides is 1. The van der Waals surface area contributed by atoms with Crippen molar-refractivity contribution >= 4 is 17.4 Å². The van der Waals surface area contributed by atoms with Crippen LogP contribution in [0.15, 0.2) is 48.0 Å². The van der Waals surface area contributed by atoms with Crippen molar-refractivity contribution in [3.05, 3.63) is 70.3 Å². The van der Waals surface area contributed by atoms with Gasteiger partial charge in [0.05, 0.1) is 11.6 Å². The average Bonchev–Trinajstić information content (AvgIpc) is 3.34. The van der Waals surface area contributed by atoms with Gasteiger partial charge in [0, 0.05) is 25.1 Å². The van der Waals surface area contributed by atoms with Crippen LogP contribution in [-0.4, -0.2) is 58.9 Å². The smallest absolute Gasteiger partial charge is 0.295 e. The number of aliphatic hydroxyl groups excluding tert-OH is 1. The van der Waals surface area contributed by atoms with Crippen molar-refractivity contribution in [3.8, 4) is 5.75 Å². The number of hydrogen-bond donors (Lipinski definition) is 1. The molecule has 0 saturated carbocycles. The van der Waals surface area contributed by atoms with Gasteiger partial charge in [-0.25, -0.2) is 0 Å². The fourth-order valence-electron chi connectivity index (χ4n) is 5.14. The van der Waals surface area contributed by atoms with Gasteiger partial charge in [-0.15, -0.1) is 0 Å². The van der Waals surface area contributed by atoms with Crippen molar-refractivity contribution in [2.45, 2.75) is 65.5 Å². The number of nitrogens with zero attached hydrogens (tertiary/aromatic N) is 2. The Morgan fingerprint density at radius 2 is 1.75 bits per heavy atom. The highest BCUT2D eigenvalue weighted by Crippen LogP contribution is 2.41. The van der Waals surface area contributed by atoms with Crippen LogP contribution >= 0.6 is 0 Å². The second kappa shape index (κ2) is 10.1. The summed E-state index contributed by atoms with van der Waals surface area (Å²) >= 11 is 0. The Morgan fingerprint density at radius 3 is 2.36 bits per heavy atom. The molecule has 0 aromatic heterocycles. The Kier molecular flexibility index (Phi) is 7.28. The average molecular weight is 491 g/mol.